The van der Waals surface area contributed by atoms with Crippen molar-refractivity contribution in [3.63, 3.8) is 0 Å². The molecule has 0 aliphatic carbocycles. The number of halogens is 1. The molecule has 3 fully saturated rings. The van der Waals surface area contributed by atoms with Gasteiger partial charge in [0.05, 0.1) is 26.4 Å². The van der Waals surface area contributed by atoms with Gasteiger partial charge in [0.2, 0.25) is 5.91 Å². The maximum Gasteiger partial charge on any atom is 0.219 e. The predicted octanol–water partition coefficient (Wildman–Crippen LogP) is -4.53. The van der Waals surface area contributed by atoms with Crippen LogP contribution >= 0.6 is 0 Å². The summed E-state index contributed by atoms with van der Waals surface area (Å²) in [6.07, 6.45) is -24.4. The Labute approximate surface area is 276 Å². The van der Waals surface area contributed by atoms with Crippen LogP contribution in [0.15, 0.2) is 0 Å². The average molecular weight is 704 g/mol. The van der Waals surface area contributed by atoms with Gasteiger partial charge in [-0.15, -0.1) is 0 Å². The van der Waals surface area contributed by atoms with Crippen LogP contribution in [0.25, 0.3) is 0 Å². The van der Waals surface area contributed by atoms with Crippen molar-refractivity contribution in [2.45, 2.75) is 138 Å². The molecule has 0 saturated carbocycles. The summed E-state index contributed by atoms with van der Waals surface area (Å²) < 4.78 is 48.5. The van der Waals surface area contributed by atoms with Crippen molar-refractivity contribution >= 4 is 11.7 Å². The minimum absolute atomic E-state index is 0.0852. The van der Waals surface area contributed by atoms with Crippen LogP contribution in [0.2, 0.25) is 0 Å². The van der Waals surface area contributed by atoms with Crippen molar-refractivity contribution in [1.82, 2.24) is 5.32 Å². The van der Waals surface area contributed by atoms with Gasteiger partial charge in [0.15, 0.2) is 25.0 Å². The van der Waals surface area contributed by atoms with E-state index in [-0.39, 0.29) is 37.6 Å². The molecule has 18 nitrogen and oxygen atoms in total. The summed E-state index contributed by atoms with van der Waals surface area (Å²) in [7, 11) is 0. The largest absolute Gasteiger partial charge is 0.394 e. The van der Waals surface area contributed by atoms with Crippen LogP contribution in [0, 0.1) is 0 Å². The molecule has 0 spiro atoms. The number of carbonyl (C=O) groups is 2. The first-order chi connectivity index (χ1) is 22.8. The number of aliphatic hydroxyl groups is 9. The molecule has 1 amide bonds. The molecule has 3 rings (SSSR count). The Morgan fingerprint density at radius 2 is 1.21 bits per heavy atom. The normalized spacial score (nSPS) is 40.4. The fourth-order valence-corrected chi connectivity index (χ4v) is 5.52. The van der Waals surface area contributed by atoms with E-state index in [2.05, 4.69) is 5.32 Å². The fourth-order valence-electron chi connectivity index (χ4n) is 5.52. The zero-order valence-corrected chi connectivity index (χ0v) is 26.6. The van der Waals surface area contributed by atoms with Gasteiger partial charge in [0.1, 0.15) is 72.9 Å². The second-order valence-electron chi connectivity index (χ2n) is 12.0. The van der Waals surface area contributed by atoms with Gasteiger partial charge in [-0.2, -0.15) is 0 Å². The molecular formula is C29H50FNO17. The van der Waals surface area contributed by atoms with Crippen LogP contribution in [0.4, 0.5) is 4.39 Å². The van der Waals surface area contributed by atoms with Crippen LogP contribution in [0.1, 0.15) is 45.4 Å². The molecule has 280 valence electrons. The Bertz CT molecular complexity index is 980. The highest BCUT2D eigenvalue weighted by atomic mass is 19.1. The maximum absolute atomic E-state index is 15.8. The minimum Gasteiger partial charge on any atom is -0.394 e. The van der Waals surface area contributed by atoms with E-state index in [9.17, 15) is 55.5 Å². The molecule has 0 aromatic heterocycles. The van der Waals surface area contributed by atoms with E-state index in [1.165, 1.54) is 0 Å². The number of aliphatic hydroxyl groups excluding tert-OH is 9. The zero-order valence-electron chi connectivity index (χ0n) is 26.6. The number of carbonyl (C=O) groups excluding carboxylic acids is 2. The molecule has 3 aliphatic heterocycles. The summed E-state index contributed by atoms with van der Waals surface area (Å²) in [5.41, 5.74) is 0. The molecule has 0 aromatic carbocycles. The number of amides is 1. The summed E-state index contributed by atoms with van der Waals surface area (Å²) >= 11 is 0. The number of rotatable bonds is 18. The predicted molar refractivity (Wildman–Crippen MR) is 155 cm³/mol. The molecule has 0 unspecified atom stereocenters. The van der Waals surface area contributed by atoms with Gasteiger partial charge in [0, 0.05) is 25.8 Å². The second-order valence-corrected chi connectivity index (χ2v) is 12.0. The molecule has 15 atom stereocenters. The molecule has 10 N–H and O–H groups in total. The van der Waals surface area contributed by atoms with E-state index in [4.69, 9.17) is 28.4 Å². The van der Waals surface area contributed by atoms with Crippen molar-refractivity contribution in [1.29, 1.82) is 0 Å². The second kappa shape index (κ2) is 19.8. The molecule has 3 saturated heterocycles. The Hall–Kier alpha value is -1.53. The number of Topliss-reactive ketones (excluding diaryl/α,β-unsaturated/α-hetero) is 1. The Morgan fingerprint density at radius 1 is 0.667 bits per heavy atom. The molecule has 0 bridgehead atoms. The fraction of sp³-hybridized carbons (Fsp3) is 0.931. The van der Waals surface area contributed by atoms with Gasteiger partial charge in [-0.25, -0.2) is 4.39 Å². The molecule has 0 aromatic rings. The van der Waals surface area contributed by atoms with Gasteiger partial charge >= 0.3 is 0 Å². The Morgan fingerprint density at radius 3 is 1.81 bits per heavy atom. The quantitative estimate of drug-likeness (QED) is 0.0602. The van der Waals surface area contributed by atoms with Crippen LogP contribution < -0.4 is 5.32 Å². The number of ketones is 1. The van der Waals surface area contributed by atoms with Gasteiger partial charge in [-0.3, -0.25) is 9.59 Å². The third-order valence-electron chi connectivity index (χ3n) is 8.38. The topological polar surface area (TPSA) is 284 Å². The molecule has 3 heterocycles. The molecule has 0 radical (unpaired) electrons. The lowest BCUT2D eigenvalue weighted by molar-refractivity contribution is -0.359. The number of hydrogen-bond donors (Lipinski definition) is 10. The summed E-state index contributed by atoms with van der Waals surface area (Å²) in [6.45, 7) is -0.0397. The standard InChI is InChI=1S/C29H50FNO17/c1-2-31-17(35)8-4-3-6-13(34)7-5-9-43-27-18(30)26(48-29-25(42)23(40)20(37)15(11-33)46-29)21(38)16(47-27)12-44-28-24(41)22(39)19(36)14(10-32)45-28/h14-16,18-29,32-33,36-42H,2-12H2,1H3,(H,31,35)/t14-,15-,16-,18-,19-,20-,21-,22+,23+,24+,25+,26-,27+,28+,29-/m1/s1. The first-order valence-electron chi connectivity index (χ1n) is 16.1. The third kappa shape index (κ3) is 10.7. The lowest BCUT2D eigenvalue weighted by atomic mass is 9.97. The van der Waals surface area contributed by atoms with E-state index in [1.54, 1.807) is 6.92 Å². The number of nitrogens with one attached hydrogen (secondary N) is 1. The highest BCUT2D eigenvalue weighted by Gasteiger charge is 2.52. The van der Waals surface area contributed by atoms with Gasteiger partial charge in [-0.05, 0) is 26.2 Å². The number of hydrogen-bond acceptors (Lipinski definition) is 17. The van der Waals surface area contributed by atoms with Crippen molar-refractivity contribution in [3.05, 3.63) is 0 Å². The lowest BCUT2D eigenvalue weighted by Gasteiger charge is -2.46. The molecule has 3 aliphatic rings. The highest BCUT2D eigenvalue weighted by Crippen LogP contribution is 2.32. The van der Waals surface area contributed by atoms with Gasteiger partial charge in [-0.1, -0.05) is 0 Å². The maximum atomic E-state index is 15.8. The van der Waals surface area contributed by atoms with Crippen molar-refractivity contribution < 1.29 is 88.4 Å². The monoisotopic (exact) mass is 703 g/mol. The van der Waals surface area contributed by atoms with E-state index >= 15 is 4.39 Å². The SMILES string of the molecule is CCNC(=O)CCCCC(=O)CCCO[C@H]1O[C@H](CO[C@H]2O[C@H](CO)[C@@H](O)[C@H](O)[C@@H]2O)[C@@H](O)[C@H](O[C@H]2O[C@H](CO)[C@@H](O)[C@H](O)[C@@H]2O)[C@H]1F. The number of alkyl halides is 1. The lowest BCUT2D eigenvalue weighted by Crippen LogP contribution is -2.64. The molecule has 48 heavy (non-hydrogen) atoms. The summed E-state index contributed by atoms with van der Waals surface area (Å²) in [5, 5.41) is 93.6. The van der Waals surface area contributed by atoms with Crippen molar-refractivity contribution in [2.24, 2.45) is 0 Å². The highest BCUT2D eigenvalue weighted by molar-refractivity contribution is 5.78. The smallest absolute Gasteiger partial charge is 0.219 e. The first kappa shape index (κ1) is 40.9. The Balaban J connectivity index is 1.63. The zero-order chi connectivity index (χ0) is 35.5. The third-order valence-corrected chi connectivity index (χ3v) is 8.38. The Kier molecular flexibility index (Phi) is 16.8. The summed E-state index contributed by atoms with van der Waals surface area (Å²) in [5.74, 6) is -0.191. The minimum atomic E-state index is -2.26. The van der Waals surface area contributed by atoms with Crippen molar-refractivity contribution in [2.75, 3.05) is 33.0 Å². The van der Waals surface area contributed by atoms with Gasteiger partial charge < -0.3 is 79.7 Å². The van der Waals surface area contributed by atoms with Crippen LogP contribution in [-0.4, -0.2) is 183 Å². The molecular weight excluding hydrogens is 653 g/mol. The molecule has 19 heteroatoms. The first-order valence-corrected chi connectivity index (χ1v) is 16.1. The van der Waals surface area contributed by atoms with E-state index in [1.807, 2.05) is 0 Å². The van der Waals surface area contributed by atoms with Gasteiger partial charge in [0.25, 0.3) is 0 Å². The van der Waals surface area contributed by atoms with E-state index in [0.29, 0.717) is 25.8 Å². The van der Waals surface area contributed by atoms with Crippen LogP contribution in [0.5, 0.6) is 0 Å². The number of unbranched alkanes of at least 4 members (excludes halogenated alkanes) is 1. The van der Waals surface area contributed by atoms with Crippen LogP contribution in [0.3, 0.4) is 0 Å². The number of ether oxygens (including phenoxy) is 6. The summed E-state index contributed by atoms with van der Waals surface area (Å²) in [4.78, 5) is 23.8. The van der Waals surface area contributed by atoms with E-state index < -0.39 is 112 Å². The average Bonchev–Trinajstić information content (AvgIpc) is 3.07. The summed E-state index contributed by atoms with van der Waals surface area (Å²) in [6, 6.07) is 0. The van der Waals surface area contributed by atoms with E-state index in [0.717, 1.165) is 0 Å². The van der Waals surface area contributed by atoms with Crippen LogP contribution in [-0.2, 0) is 38.0 Å². The van der Waals surface area contributed by atoms with Crippen molar-refractivity contribution in [3.8, 4) is 0 Å².